The molecular formula is C13H14OSe. The Morgan fingerprint density at radius 1 is 1.20 bits per heavy atom. The molecule has 0 aliphatic heterocycles. The van der Waals surface area contributed by atoms with Gasteiger partial charge in [-0.05, 0) is 0 Å². The van der Waals surface area contributed by atoms with E-state index in [1.54, 1.807) is 13.0 Å². The van der Waals surface area contributed by atoms with Crippen molar-refractivity contribution in [1.82, 2.24) is 0 Å². The molecule has 0 aliphatic carbocycles. The molecule has 0 atom stereocenters. The van der Waals surface area contributed by atoms with Crippen molar-refractivity contribution in [3.8, 4) is 0 Å². The Kier molecular flexibility index (Phi) is 5.09. The van der Waals surface area contributed by atoms with Crippen LogP contribution in [0.5, 0.6) is 0 Å². The minimum atomic E-state index is 0.0956. The number of hydrogen-bond acceptors (Lipinski definition) is 1. The van der Waals surface area contributed by atoms with Gasteiger partial charge in [0.15, 0.2) is 0 Å². The van der Waals surface area contributed by atoms with Gasteiger partial charge in [-0.15, -0.1) is 0 Å². The second-order valence-electron chi connectivity index (χ2n) is 3.05. The summed E-state index contributed by atoms with van der Waals surface area (Å²) in [5, 5.41) is 0. The van der Waals surface area contributed by atoms with Crippen LogP contribution in [0.25, 0.3) is 0 Å². The van der Waals surface area contributed by atoms with Crippen LogP contribution in [-0.4, -0.2) is 20.7 Å². The van der Waals surface area contributed by atoms with Crippen LogP contribution in [0.1, 0.15) is 13.8 Å². The molecule has 0 heterocycles. The molecule has 0 N–H and O–H groups in total. The van der Waals surface area contributed by atoms with Crippen LogP contribution >= 0.6 is 0 Å². The first kappa shape index (κ1) is 12.0. The van der Waals surface area contributed by atoms with Gasteiger partial charge in [-0.2, -0.15) is 0 Å². The average molecular weight is 265 g/mol. The Labute approximate surface area is 97.0 Å². The molecule has 78 valence electrons. The van der Waals surface area contributed by atoms with Crippen LogP contribution in [0.2, 0.25) is 0 Å². The van der Waals surface area contributed by atoms with Gasteiger partial charge in [-0.1, -0.05) is 0 Å². The van der Waals surface area contributed by atoms with Crippen molar-refractivity contribution in [1.29, 1.82) is 0 Å². The van der Waals surface area contributed by atoms with Crippen molar-refractivity contribution >= 4 is 25.2 Å². The molecule has 0 unspecified atom stereocenters. The van der Waals surface area contributed by atoms with Gasteiger partial charge in [-0.25, -0.2) is 0 Å². The van der Waals surface area contributed by atoms with Gasteiger partial charge in [0.05, 0.1) is 0 Å². The van der Waals surface area contributed by atoms with Gasteiger partial charge >= 0.3 is 96.9 Å². The third kappa shape index (κ3) is 4.78. The maximum atomic E-state index is 10.8. The Morgan fingerprint density at radius 2 is 1.87 bits per heavy atom. The quantitative estimate of drug-likeness (QED) is 0.463. The van der Waals surface area contributed by atoms with E-state index in [1.807, 2.05) is 31.2 Å². The summed E-state index contributed by atoms with van der Waals surface area (Å²) >= 11 is 0.294. The zero-order valence-corrected chi connectivity index (χ0v) is 10.6. The fourth-order valence-electron chi connectivity index (χ4n) is 1.01. The van der Waals surface area contributed by atoms with Gasteiger partial charge in [-0.3, -0.25) is 0 Å². The van der Waals surface area contributed by atoms with E-state index in [0.29, 0.717) is 15.0 Å². The van der Waals surface area contributed by atoms with E-state index in [9.17, 15) is 4.79 Å². The van der Waals surface area contributed by atoms with Crippen molar-refractivity contribution in [2.75, 3.05) is 0 Å². The summed E-state index contributed by atoms with van der Waals surface area (Å²) in [5.41, 5.74) is 0. The van der Waals surface area contributed by atoms with Crippen LogP contribution in [0, 0.1) is 0 Å². The summed E-state index contributed by atoms with van der Waals surface area (Å²) in [6, 6.07) is 10.3. The van der Waals surface area contributed by atoms with Gasteiger partial charge in [0, 0.05) is 0 Å². The van der Waals surface area contributed by atoms with Crippen molar-refractivity contribution in [2.45, 2.75) is 13.8 Å². The molecule has 1 rings (SSSR count). The predicted octanol–water partition coefficient (Wildman–Crippen LogP) is 2.07. The summed E-state index contributed by atoms with van der Waals surface area (Å²) in [5.74, 6) is 0.0956. The molecule has 0 bridgehead atoms. The normalized spacial score (nSPS) is 12.0. The van der Waals surface area contributed by atoms with Crippen molar-refractivity contribution in [3.63, 3.8) is 0 Å². The van der Waals surface area contributed by atoms with E-state index >= 15 is 0 Å². The molecule has 1 nitrogen and oxygen atoms in total. The molecule has 15 heavy (non-hydrogen) atoms. The molecule has 2 heteroatoms. The second-order valence-corrected chi connectivity index (χ2v) is 5.46. The van der Waals surface area contributed by atoms with E-state index in [4.69, 9.17) is 0 Å². The predicted molar refractivity (Wildman–Crippen MR) is 65.4 cm³/mol. The van der Waals surface area contributed by atoms with Crippen molar-refractivity contribution < 1.29 is 4.79 Å². The van der Waals surface area contributed by atoms with Crippen LogP contribution in [0.15, 0.2) is 53.0 Å². The number of carbonyl (C=O) groups excluding carboxylic acids is 1. The molecule has 0 aliphatic rings. The Balaban J connectivity index is 2.68. The molecule has 0 fully saturated rings. The minimum absolute atomic E-state index is 0.0956. The monoisotopic (exact) mass is 266 g/mol. The topological polar surface area (TPSA) is 17.1 Å². The first-order valence-corrected chi connectivity index (χ1v) is 6.51. The summed E-state index contributed by atoms with van der Waals surface area (Å²) in [4.78, 5) is 10.8. The zero-order valence-electron chi connectivity index (χ0n) is 8.94. The third-order valence-electron chi connectivity index (χ3n) is 1.75. The number of ketones is 1. The van der Waals surface area contributed by atoms with Crippen LogP contribution in [0.4, 0.5) is 0 Å². The number of rotatable bonds is 4. The van der Waals surface area contributed by atoms with Crippen LogP contribution in [-0.2, 0) is 4.79 Å². The Morgan fingerprint density at radius 3 is 2.40 bits per heavy atom. The zero-order chi connectivity index (χ0) is 11.1. The van der Waals surface area contributed by atoms with Crippen molar-refractivity contribution in [2.24, 2.45) is 0 Å². The van der Waals surface area contributed by atoms with E-state index in [0.717, 1.165) is 0 Å². The summed E-state index contributed by atoms with van der Waals surface area (Å²) in [6.07, 6.45) is 5.60. The molecule has 0 saturated heterocycles. The Bertz CT molecular complexity index is 377. The van der Waals surface area contributed by atoms with Gasteiger partial charge in [0.2, 0.25) is 0 Å². The van der Waals surface area contributed by atoms with E-state index in [1.165, 1.54) is 8.93 Å². The van der Waals surface area contributed by atoms with Gasteiger partial charge in [0.25, 0.3) is 0 Å². The number of allylic oxidation sites excluding steroid dienone is 4. The third-order valence-corrected chi connectivity index (χ3v) is 4.09. The number of carbonyl (C=O) groups is 1. The Hall–Kier alpha value is -1.11. The van der Waals surface area contributed by atoms with E-state index in [2.05, 4.69) is 18.2 Å². The maximum absolute atomic E-state index is 10.8. The summed E-state index contributed by atoms with van der Waals surface area (Å²) in [6.45, 7) is 3.57. The molecule has 0 aromatic heterocycles. The van der Waals surface area contributed by atoms with Gasteiger partial charge in [0.1, 0.15) is 0 Å². The molecule has 0 saturated carbocycles. The first-order chi connectivity index (χ1) is 7.22. The summed E-state index contributed by atoms with van der Waals surface area (Å²) in [7, 11) is 0. The van der Waals surface area contributed by atoms with Crippen LogP contribution in [0.3, 0.4) is 0 Å². The van der Waals surface area contributed by atoms with Crippen molar-refractivity contribution in [3.05, 3.63) is 53.0 Å². The number of benzene rings is 1. The number of hydrogen-bond donors (Lipinski definition) is 0. The fraction of sp³-hybridized carbons (Fsp3) is 0.154. The average Bonchev–Trinajstić information content (AvgIpc) is 2.25. The van der Waals surface area contributed by atoms with Gasteiger partial charge < -0.3 is 0 Å². The molecule has 0 amide bonds. The SMILES string of the molecule is C/C=C(/C=C/C(C)=O)[Se]c1ccccc1. The standard InChI is InChI=1S/C13H14OSe/c1-3-12(10-9-11(2)14)15-13-7-5-4-6-8-13/h3-10H,1-2H3/b10-9+,12-3-. The molecule has 0 spiro atoms. The van der Waals surface area contributed by atoms with Crippen LogP contribution < -0.4 is 4.46 Å². The van der Waals surface area contributed by atoms with E-state index < -0.39 is 0 Å². The molecule has 1 aromatic carbocycles. The molecule has 1 aromatic rings. The van der Waals surface area contributed by atoms with E-state index in [-0.39, 0.29) is 5.78 Å². The molecule has 0 radical (unpaired) electrons. The molecular weight excluding hydrogens is 251 g/mol. The summed E-state index contributed by atoms with van der Waals surface area (Å²) < 4.78 is 2.55. The second kappa shape index (κ2) is 6.39. The first-order valence-electron chi connectivity index (χ1n) is 4.80. The fourth-order valence-corrected chi connectivity index (χ4v) is 2.73.